The summed E-state index contributed by atoms with van der Waals surface area (Å²) in [5, 5.41) is 13.8. The first-order chi connectivity index (χ1) is 17.3. The zero-order valence-corrected chi connectivity index (χ0v) is 22.8. The highest BCUT2D eigenvalue weighted by Gasteiger charge is 2.29. The number of carbonyl (C=O) groups excluding carboxylic acids is 1. The highest BCUT2D eigenvalue weighted by molar-refractivity contribution is 7.89. The van der Waals surface area contributed by atoms with Gasteiger partial charge in [-0.15, -0.1) is 0 Å². The molecule has 2 amide bonds. The molecule has 11 heteroatoms. The van der Waals surface area contributed by atoms with Gasteiger partial charge >= 0.3 is 6.03 Å². The Balaban J connectivity index is 1.39. The summed E-state index contributed by atoms with van der Waals surface area (Å²) in [6, 6.07) is 3.13. The van der Waals surface area contributed by atoms with Crippen molar-refractivity contribution < 1.29 is 17.8 Å². The molecule has 202 valence electrons. The van der Waals surface area contributed by atoms with E-state index >= 15 is 0 Å². The number of anilines is 1. The van der Waals surface area contributed by atoms with Crippen LogP contribution in [-0.4, -0.2) is 68.8 Å². The zero-order valence-electron chi connectivity index (χ0n) is 22.0. The fraction of sp³-hybridized carbons (Fsp3) is 0.720. The number of hydrogen-bond acceptors (Lipinski definition) is 7. The summed E-state index contributed by atoms with van der Waals surface area (Å²) in [7, 11) is -0.730. The molecular weight excluding hydrogens is 480 g/mol. The van der Waals surface area contributed by atoms with Gasteiger partial charge in [0.05, 0.1) is 5.69 Å². The van der Waals surface area contributed by atoms with E-state index in [-0.39, 0.29) is 22.5 Å². The monoisotopic (exact) mass is 522 g/mol. The molecule has 0 saturated carbocycles. The quantitative estimate of drug-likeness (QED) is 0.335. The normalized spacial score (nSPS) is 16.2. The molecule has 10 nitrogen and oxygen atoms in total. The number of hydrogen-bond donors (Lipinski definition) is 2. The van der Waals surface area contributed by atoms with Crippen molar-refractivity contribution in [1.82, 2.24) is 25.3 Å². The standard InChI is InChI=1S/C25H42N6O4S/c1-4-5-6-7-8-9-10-11-12-13-17-26-25(32)27-20-16-18-31(19-20)21-14-15-22(36(33,34)30(2)3)24-23(21)28-35-29-24/h14-15,20H,4-13,16-19H2,1-3H3,(H2,26,27,32)/t20-/m1/s1. The van der Waals surface area contributed by atoms with Crippen LogP contribution in [0.15, 0.2) is 21.7 Å². The number of urea groups is 1. The van der Waals surface area contributed by atoms with Gasteiger partial charge in [-0.3, -0.25) is 0 Å². The van der Waals surface area contributed by atoms with E-state index in [1.807, 2.05) is 0 Å². The third-order valence-corrected chi connectivity index (χ3v) is 8.64. The summed E-state index contributed by atoms with van der Waals surface area (Å²) in [5.41, 5.74) is 1.37. The van der Waals surface area contributed by atoms with Crippen LogP contribution in [0.1, 0.15) is 77.6 Å². The van der Waals surface area contributed by atoms with Crippen LogP contribution in [0.4, 0.5) is 10.5 Å². The van der Waals surface area contributed by atoms with Crippen LogP contribution in [0.25, 0.3) is 11.0 Å². The van der Waals surface area contributed by atoms with E-state index in [1.165, 1.54) is 71.5 Å². The van der Waals surface area contributed by atoms with Gasteiger partial charge in [-0.2, -0.15) is 0 Å². The molecule has 36 heavy (non-hydrogen) atoms. The lowest BCUT2D eigenvalue weighted by Crippen LogP contribution is -2.43. The Morgan fingerprint density at radius 3 is 2.33 bits per heavy atom. The number of carbonyl (C=O) groups is 1. The van der Waals surface area contributed by atoms with Crippen LogP contribution in [0.3, 0.4) is 0 Å². The van der Waals surface area contributed by atoms with E-state index in [9.17, 15) is 13.2 Å². The smallest absolute Gasteiger partial charge is 0.315 e. The third-order valence-electron chi connectivity index (χ3n) is 6.80. The molecule has 1 saturated heterocycles. The predicted octanol–water partition coefficient (Wildman–Crippen LogP) is 4.27. The van der Waals surface area contributed by atoms with Crippen LogP contribution >= 0.6 is 0 Å². The van der Waals surface area contributed by atoms with Crippen molar-refractivity contribution >= 4 is 32.8 Å². The number of amides is 2. The molecule has 3 rings (SSSR count). The van der Waals surface area contributed by atoms with Crippen molar-refractivity contribution in [2.45, 2.75) is 88.5 Å². The number of aromatic nitrogens is 2. The van der Waals surface area contributed by atoms with Crippen LogP contribution in [0.5, 0.6) is 0 Å². The molecule has 2 heterocycles. The maximum atomic E-state index is 12.6. The minimum atomic E-state index is -3.68. The number of rotatable bonds is 15. The molecule has 1 aliphatic heterocycles. The highest BCUT2D eigenvalue weighted by Crippen LogP contribution is 2.32. The van der Waals surface area contributed by atoms with E-state index in [4.69, 9.17) is 4.63 Å². The molecular formula is C25H42N6O4S. The number of nitrogens with one attached hydrogen (secondary N) is 2. The molecule has 1 aromatic carbocycles. The summed E-state index contributed by atoms with van der Waals surface area (Å²) in [6.45, 7) is 4.25. The molecule has 1 aliphatic rings. The Morgan fingerprint density at radius 2 is 1.67 bits per heavy atom. The van der Waals surface area contributed by atoms with Crippen molar-refractivity contribution in [1.29, 1.82) is 0 Å². The summed E-state index contributed by atoms with van der Waals surface area (Å²) in [6.07, 6.45) is 13.5. The number of nitrogens with zero attached hydrogens (tertiary/aromatic N) is 4. The lowest BCUT2D eigenvalue weighted by Gasteiger charge is -2.20. The summed E-state index contributed by atoms with van der Waals surface area (Å²) < 4.78 is 31.3. The first-order valence-electron chi connectivity index (χ1n) is 13.3. The van der Waals surface area contributed by atoms with E-state index < -0.39 is 10.0 Å². The molecule has 1 fully saturated rings. The lowest BCUT2D eigenvalue weighted by molar-refractivity contribution is 0.237. The third kappa shape index (κ3) is 7.55. The molecule has 0 unspecified atom stereocenters. The summed E-state index contributed by atoms with van der Waals surface area (Å²) >= 11 is 0. The maximum Gasteiger partial charge on any atom is 0.315 e. The van der Waals surface area contributed by atoms with Crippen molar-refractivity contribution in [2.24, 2.45) is 0 Å². The minimum Gasteiger partial charge on any atom is -0.367 e. The fourth-order valence-electron chi connectivity index (χ4n) is 4.64. The first-order valence-corrected chi connectivity index (χ1v) is 14.8. The highest BCUT2D eigenvalue weighted by atomic mass is 32.2. The fourth-order valence-corrected chi connectivity index (χ4v) is 5.65. The molecule has 0 radical (unpaired) electrons. The van der Waals surface area contributed by atoms with E-state index in [1.54, 1.807) is 6.07 Å². The first kappa shape index (κ1) is 28.2. The summed E-state index contributed by atoms with van der Waals surface area (Å²) in [4.78, 5) is 14.5. The Hall–Kier alpha value is -2.40. The van der Waals surface area contributed by atoms with Gasteiger partial charge in [0.25, 0.3) is 0 Å². The van der Waals surface area contributed by atoms with Gasteiger partial charge in [0.2, 0.25) is 10.0 Å². The Kier molecular flexibility index (Phi) is 10.8. The number of benzene rings is 1. The summed E-state index contributed by atoms with van der Waals surface area (Å²) in [5.74, 6) is 0. The molecule has 1 aromatic heterocycles. The van der Waals surface area contributed by atoms with Gasteiger partial charge < -0.3 is 15.5 Å². The van der Waals surface area contributed by atoms with Gasteiger partial charge in [0, 0.05) is 39.8 Å². The molecule has 2 N–H and O–H groups in total. The van der Waals surface area contributed by atoms with Crippen LogP contribution in [0.2, 0.25) is 0 Å². The van der Waals surface area contributed by atoms with E-state index in [0.29, 0.717) is 25.2 Å². The van der Waals surface area contributed by atoms with Crippen molar-refractivity contribution in [3.8, 4) is 0 Å². The predicted molar refractivity (Wildman–Crippen MR) is 142 cm³/mol. The lowest BCUT2D eigenvalue weighted by atomic mass is 10.1. The second-order valence-corrected chi connectivity index (χ2v) is 12.0. The molecule has 0 aliphatic carbocycles. The second-order valence-electron chi connectivity index (χ2n) is 9.85. The second kappa shape index (κ2) is 13.8. The largest absolute Gasteiger partial charge is 0.367 e. The van der Waals surface area contributed by atoms with Gasteiger partial charge in [0.15, 0.2) is 11.0 Å². The van der Waals surface area contributed by atoms with Crippen molar-refractivity contribution in [2.75, 3.05) is 38.6 Å². The van der Waals surface area contributed by atoms with Crippen LogP contribution < -0.4 is 15.5 Å². The van der Waals surface area contributed by atoms with Gasteiger partial charge in [-0.25, -0.2) is 22.1 Å². The maximum absolute atomic E-state index is 12.6. The number of fused-ring (bicyclic) bond motifs is 1. The zero-order chi connectivity index (χ0) is 26.0. The van der Waals surface area contributed by atoms with Crippen LogP contribution in [-0.2, 0) is 10.0 Å². The van der Waals surface area contributed by atoms with Gasteiger partial charge in [0.1, 0.15) is 4.90 Å². The Labute approximate surface area is 215 Å². The Bertz CT molecular complexity index is 1070. The molecule has 1 atom stereocenters. The van der Waals surface area contributed by atoms with Crippen LogP contribution in [0, 0.1) is 0 Å². The average Bonchev–Trinajstić information content (AvgIpc) is 3.51. The minimum absolute atomic E-state index is 0.00203. The molecule has 2 aromatic rings. The molecule has 0 spiro atoms. The van der Waals surface area contributed by atoms with Gasteiger partial charge in [-0.05, 0) is 35.3 Å². The molecule has 0 bridgehead atoms. The van der Waals surface area contributed by atoms with Gasteiger partial charge in [-0.1, -0.05) is 64.7 Å². The number of sulfonamides is 1. The van der Waals surface area contributed by atoms with Crippen molar-refractivity contribution in [3.05, 3.63) is 12.1 Å². The average molecular weight is 523 g/mol. The van der Waals surface area contributed by atoms with Crippen molar-refractivity contribution in [3.63, 3.8) is 0 Å². The topological polar surface area (TPSA) is 121 Å². The SMILES string of the molecule is CCCCCCCCCCCCNC(=O)N[C@@H]1CCN(c2ccc(S(=O)(=O)N(C)C)c3nonc23)C1. The van der Waals surface area contributed by atoms with E-state index in [0.717, 1.165) is 29.3 Å². The Morgan fingerprint density at radius 1 is 1.03 bits per heavy atom. The van der Waals surface area contributed by atoms with E-state index in [2.05, 4.69) is 32.8 Å². The number of unbranched alkanes of at least 4 members (excludes halogenated alkanes) is 9.